The molecule has 0 fully saturated rings. The Bertz CT molecular complexity index is 1210. The van der Waals surface area contributed by atoms with Crippen molar-refractivity contribution in [3.05, 3.63) is 119 Å². The number of rotatable bonds is 11. The van der Waals surface area contributed by atoms with Gasteiger partial charge in [0.25, 0.3) is 0 Å². The van der Waals surface area contributed by atoms with E-state index in [0.717, 1.165) is 18.8 Å². The van der Waals surface area contributed by atoms with Gasteiger partial charge >= 0.3 is 0 Å². The van der Waals surface area contributed by atoms with Gasteiger partial charge in [0.05, 0.1) is 0 Å². The van der Waals surface area contributed by atoms with Gasteiger partial charge in [-0.25, -0.2) is 0 Å². The molecule has 0 N–H and O–H groups in total. The summed E-state index contributed by atoms with van der Waals surface area (Å²) < 4.78 is 0. The van der Waals surface area contributed by atoms with E-state index in [2.05, 4.69) is 146 Å². The third kappa shape index (κ3) is 12.1. The van der Waals surface area contributed by atoms with Crippen LogP contribution < -0.4 is 0 Å². The first-order valence-corrected chi connectivity index (χ1v) is 17.3. The summed E-state index contributed by atoms with van der Waals surface area (Å²) in [6, 6.07) is 33.7. The van der Waals surface area contributed by atoms with Crippen LogP contribution in [-0.2, 0) is 12.8 Å². The Morgan fingerprint density at radius 3 is 1.88 bits per heavy atom. The fraction of sp³-hybridized carbons (Fsp3) is 0.450. The fourth-order valence-electron chi connectivity index (χ4n) is 5.32. The normalized spacial score (nSPS) is 12.2. The summed E-state index contributed by atoms with van der Waals surface area (Å²) >= 11 is 1.95. The Kier molecular flexibility index (Phi) is 16.6. The predicted molar refractivity (Wildman–Crippen MR) is 189 cm³/mol. The molecule has 4 aromatic rings. The molecule has 0 saturated heterocycles. The van der Waals surface area contributed by atoms with Crippen molar-refractivity contribution in [2.45, 2.75) is 105 Å². The Labute approximate surface area is 257 Å². The number of thioether (sulfide) groups is 1. The van der Waals surface area contributed by atoms with Gasteiger partial charge in [-0.05, 0) is 90.1 Å². The van der Waals surface area contributed by atoms with E-state index < -0.39 is 0 Å². The number of hydrogen-bond acceptors (Lipinski definition) is 1. The molecule has 0 saturated carbocycles. The second kappa shape index (κ2) is 19.6. The van der Waals surface area contributed by atoms with E-state index in [9.17, 15) is 0 Å². The molecule has 0 aliphatic rings. The van der Waals surface area contributed by atoms with Crippen molar-refractivity contribution in [1.82, 2.24) is 0 Å². The molecular formula is C40H56S. The zero-order valence-electron chi connectivity index (χ0n) is 27.3. The standard InChI is InChI=1S/C25H30.C12H18S.C3H8/c1-4-21(18-19(2)3)22-15-12-20(13-16-22)14-17-24-10-7-9-23-8-5-6-11-25(23)24;1-4-5-12(13-3)11-8-6-10(2)7-9-11;1-3-2/h5-13,15-16,19,21H,4,14,17-18H2,1-3H3;6-9,12H,4-5H2,1-3H3;3H2,1-2H3. The summed E-state index contributed by atoms with van der Waals surface area (Å²) in [7, 11) is 0. The lowest BCUT2D eigenvalue weighted by Gasteiger charge is -2.18. The summed E-state index contributed by atoms with van der Waals surface area (Å²) in [6.45, 7) is 15.6. The molecule has 41 heavy (non-hydrogen) atoms. The highest BCUT2D eigenvalue weighted by atomic mass is 32.2. The maximum absolute atomic E-state index is 2.36. The van der Waals surface area contributed by atoms with Crippen molar-refractivity contribution >= 4 is 22.5 Å². The van der Waals surface area contributed by atoms with Crippen molar-refractivity contribution in [2.24, 2.45) is 5.92 Å². The van der Waals surface area contributed by atoms with E-state index >= 15 is 0 Å². The van der Waals surface area contributed by atoms with E-state index in [1.807, 2.05) is 11.8 Å². The first kappa shape index (κ1) is 34.7. The predicted octanol–water partition coefficient (Wildman–Crippen LogP) is 12.8. The molecule has 1 heteroatoms. The molecule has 0 aliphatic carbocycles. The number of fused-ring (bicyclic) bond motifs is 1. The molecule has 0 aromatic heterocycles. The number of aryl methyl sites for hydroxylation is 3. The second-order valence-electron chi connectivity index (χ2n) is 11.7. The summed E-state index contributed by atoms with van der Waals surface area (Å²) in [5.74, 6) is 1.46. The molecule has 222 valence electrons. The van der Waals surface area contributed by atoms with Crippen LogP contribution in [-0.4, -0.2) is 6.26 Å². The smallest absolute Gasteiger partial charge is 0.0294 e. The van der Waals surface area contributed by atoms with Crippen LogP contribution >= 0.6 is 11.8 Å². The molecule has 0 radical (unpaired) electrons. The van der Waals surface area contributed by atoms with E-state index in [0.29, 0.717) is 11.2 Å². The average molecular weight is 569 g/mol. The first-order valence-electron chi connectivity index (χ1n) is 16.0. The van der Waals surface area contributed by atoms with Crippen molar-refractivity contribution < 1.29 is 0 Å². The van der Waals surface area contributed by atoms with Crippen molar-refractivity contribution in [1.29, 1.82) is 0 Å². The molecular weight excluding hydrogens is 513 g/mol. The Balaban J connectivity index is 0.000000309. The minimum atomic E-state index is 0.686. The lowest BCUT2D eigenvalue weighted by atomic mass is 9.87. The van der Waals surface area contributed by atoms with Crippen LogP contribution in [0.25, 0.3) is 10.8 Å². The van der Waals surface area contributed by atoms with Crippen molar-refractivity contribution in [3.63, 3.8) is 0 Å². The van der Waals surface area contributed by atoms with E-state index in [1.165, 1.54) is 70.7 Å². The number of hydrogen-bond donors (Lipinski definition) is 0. The van der Waals surface area contributed by atoms with Gasteiger partial charge in [0, 0.05) is 5.25 Å². The molecule has 0 bridgehead atoms. The summed E-state index contributed by atoms with van der Waals surface area (Å²) in [5, 5.41) is 3.42. The topological polar surface area (TPSA) is 0 Å². The van der Waals surface area contributed by atoms with Crippen LogP contribution in [0, 0.1) is 12.8 Å². The second-order valence-corrected chi connectivity index (χ2v) is 12.8. The van der Waals surface area contributed by atoms with Gasteiger partial charge < -0.3 is 0 Å². The maximum atomic E-state index is 2.36. The molecule has 0 nitrogen and oxygen atoms in total. The van der Waals surface area contributed by atoms with Gasteiger partial charge in [-0.2, -0.15) is 11.8 Å². The highest BCUT2D eigenvalue weighted by Crippen LogP contribution is 2.31. The monoisotopic (exact) mass is 568 g/mol. The van der Waals surface area contributed by atoms with Gasteiger partial charge in [0.2, 0.25) is 0 Å². The fourth-order valence-corrected chi connectivity index (χ4v) is 6.22. The highest BCUT2D eigenvalue weighted by molar-refractivity contribution is 7.98. The molecule has 0 heterocycles. The minimum absolute atomic E-state index is 0.686. The van der Waals surface area contributed by atoms with E-state index in [4.69, 9.17) is 0 Å². The quantitative estimate of drug-likeness (QED) is 0.173. The van der Waals surface area contributed by atoms with Crippen molar-refractivity contribution in [2.75, 3.05) is 6.26 Å². The molecule has 4 aromatic carbocycles. The summed E-state index contributed by atoms with van der Waals surface area (Å²) in [5.41, 5.74) is 7.22. The lowest BCUT2D eigenvalue weighted by Crippen LogP contribution is -2.02. The third-order valence-corrected chi connectivity index (χ3v) is 8.62. The highest BCUT2D eigenvalue weighted by Gasteiger charge is 2.11. The Hall–Kier alpha value is -2.51. The molecule has 4 rings (SSSR count). The SMILES string of the molecule is CCC.CCC(CC(C)C)c1ccc(CCc2cccc3ccccc23)cc1.CCCC(SC)c1ccc(C)cc1. The van der Waals surface area contributed by atoms with Crippen LogP contribution in [0.5, 0.6) is 0 Å². The van der Waals surface area contributed by atoms with Crippen LogP contribution in [0.3, 0.4) is 0 Å². The lowest BCUT2D eigenvalue weighted by molar-refractivity contribution is 0.489. The molecule has 0 spiro atoms. The van der Waals surface area contributed by atoms with Gasteiger partial charge in [-0.1, -0.05) is 151 Å². The Morgan fingerprint density at radius 1 is 0.683 bits per heavy atom. The summed E-state index contributed by atoms with van der Waals surface area (Å²) in [4.78, 5) is 0. The zero-order valence-corrected chi connectivity index (χ0v) is 28.1. The molecule has 2 atom stereocenters. The van der Waals surface area contributed by atoms with E-state index in [-0.39, 0.29) is 0 Å². The average Bonchev–Trinajstić information content (AvgIpc) is 2.99. The number of benzene rings is 4. The zero-order chi connectivity index (χ0) is 30.0. The first-order chi connectivity index (χ1) is 19.9. The van der Waals surface area contributed by atoms with Gasteiger partial charge in [0.15, 0.2) is 0 Å². The molecule has 0 aliphatic heterocycles. The minimum Gasteiger partial charge on any atom is -0.157 e. The van der Waals surface area contributed by atoms with Gasteiger partial charge in [0.1, 0.15) is 0 Å². The van der Waals surface area contributed by atoms with E-state index in [1.54, 1.807) is 0 Å². The largest absolute Gasteiger partial charge is 0.157 e. The van der Waals surface area contributed by atoms with Gasteiger partial charge in [-0.15, -0.1) is 0 Å². The molecule has 0 amide bonds. The van der Waals surface area contributed by atoms with Crippen LogP contribution in [0.2, 0.25) is 0 Å². The van der Waals surface area contributed by atoms with Crippen LogP contribution in [0.4, 0.5) is 0 Å². The van der Waals surface area contributed by atoms with Crippen LogP contribution in [0.15, 0.2) is 91.0 Å². The third-order valence-electron chi connectivity index (χ3n) is 7.55. The Morgan fingerprint density at radius 2 is 1.29 bits per heavy atom. The summed E-state index contributed by atoms with van der Waals surface area (Å²) in [6.07, 6.45) is 10.7. The maximum Gasteiger partial charge on any atom is 0.0294 e. The van der Waals surface area contributed by atoms with Crippen molar-refractivity contribution in [3.8, 4) is 0 Å². The van der Waals surface area contributed by atoms with Gasteiger partial charge in [-0.3, -0.25) is 0 Å². The van der Waals surface area contributed by atoms with Crippen LogP contribution in [0.1, 0.15) is 113 Å². The molecule has 2 unspecified atom stereocenters.